The molecule has 0 aliphatic carbocycles. The van der Waals surface area contributed by atoms with Gasteiger partial charge < -0.3 is 10.8 Å². The van der Waals surface area contributed by atoms with Crippen LogP contribution in [-0.2, 0) is 6.42 Å². The number of carboxylic acid groups (broad SMARTS) is 1. The third-order valence-corrected chi connectivity index (χ3v) is 2.22. The summed E-state index contributed by atoms with van der Waals surface area (Å²) in [5.41, 5.74) is 8.32. The molecule has 0 saturated heterocycles. The minimum absolute atomic E-state index is 0.287. The van der Waals surface area contributed by atoms with Crippen LogP contribution in [0.4, 0.5) is 5.69 Å². The molecule has 0 bridgehead atoms. The Morgan fingerprint density at radius 3 is 2.62 bits per heavy atom. The van der Waals surface area contributed by atoms with E-state index in [1.807, 2.05) is 6.92 Å². The lowest BCUT2D eigenvalue weighted by Gasteiger charge is -2.08. The van der Waals surface area contributed by atoms with Crippen molar-refractivity contribution in [1.82, 2.24) is 0 Å². The van der Waals surface area contributed by atoms with Crippen LogP contribution in [-0.4, -0.2) is 11.1 Å². The molecule has 3 N–H and O–H groups in total. The summed E-state index contributed by atoms with van der Waals surface area (Å²) in [7, 11) is 0. The summed E-state index contributed by atoms with van der Waals surface area (Å²) >= 11 is 0. The predicted octanol–water partition coefficient (Wildman–Crippen LogP) is 1.84. The summed E-state index contributed by atoms with van der Waals surface area (Å²) in [6.45, 7) is 3.73. The molecule has 0 aliphatic heterocycles. The van der Waals surface area contributed by atoms with Crippen molar-refractivity contribution in [2.24, 2.45) is 0 Å². The summed E-state index contributed by atoms with van der Waals surface area (Å²) < 4.78 is 0. The van der Waals surface area contributed by atoms with E-state index >= 15 is 0 Å². The molecule has 0 aromatic heterocycles. The van der Waals surface area contributed by atoms with E-state index in [4.69, 9.17) is 10.8 Å². The molecular formula is C10H13NO2. The zero-order valence-electron chi connectivity index (χ0n) is 7.79. The Labute approximate surface area is 77.2 Å². The second-order valence-electron chi connectivity index (χ2n) is 2.97. The Kier molecular flexibility index (Phi) is 2.56. The fraction of sp³-hybridized carbons (Fsp3) is 0.300. The number of rotatable bonds is 2. The summed E-state index contributed by atoms with van der Waals surface area (Å²) in [5, 5.41) is 8.80. The topological polar surface area (TPSA) is 63.3 Å². The maximum Gasteiger partial charge on any atom is 0.336 e. The maximum absolute atomic E-state index is 10.7. The van der Waals surface area contributed by atoms with Crippen molar-refractivity contribution in [3.8, 4) is 0 Å². The first-order valence-electron chi connectivity index (χ1n) is 4.19. The molecule has 0 saturated carbocycles. The summed E-state index contributed by atoms with van der Waals surface area (Å²) in [6, 6.07) is 3.37. The molecule has 13 heavy (non-hydrogen) atoms. The fourth-order valence-electron chi connectivity index (χ4n) is 1.32. The Morgan fingerprint density at radius 2 is 2.15 bits per heavy atom. The summed E-state index contributed by atoms with van der Waals surface area (Å²) in [5.74, 6) is -0.924. The number of aromatic carboxylic acids is 1. The lowest BCUT2D eigenvalue weighted by Crippen LogP contribution is -2.05. The van der Waals surface area contributed by atoms with E-state index in [-0.39, 0.29) is 5.56 Å². The van der Waals surface area contributed by atoms with E-state index in [0.717, 1.165) is 12.0 Å². The molecule has 3 heteroatoms. The number of nitrogen functional groups attached to an aromatic ring is 1. The van der Waals surface area contributed by atoms with Gasteiger partial charge >= 0.3 is 5.97 Å². The van der Waals surface area contributed by atoms with E-state index in [2.05, 4.69) is 0 Å². The number of nitrogens with two attached hydrogens (primary N) is 1. The number of aryl methyl sites for hydroxylation is 1. The van der Waals surface area contributed by atoms with Crippen LogP contribution >= 0.6 is 0 Å². The minimum atomic E-state index is -0.924. The van der Waals surface area contributed by atoms with Crippen molar-refractivity contribution in [1.29, 1.82) is 0 Å². The zero-order chi connectivity index (χ0) is 10.0. The van der Waals surface area contributed by atoms with Crippen LogP contribution in [0.5, 0.6) is 0 Å². The van der Waals surface area contributed by atoms with E-state index in [1.54, 1.807) is 19.1 Å². The van der Waals surface area contributed by atoms with Gasteiger partial charge in [-0.05, 0) is 30.5 Å². The minimum Gasteiger partial charge on any atom is -0.478 e. The molecule has 0 aliphatic rings. The lowest BCUT2D eigenvalue weighted by molar-refractivity contribution is 0.0696. The average Bonchev–Trinajstić information content (AvgIpc) is 2.09. The SMILES string of the molecule is CCc1ccc(C(=O)O)c(C)c1N. The number of hydrogen-bond donors (Lipinski definition) is 2. The van der Waals surface area contributed by atoms with E-state index in [1.165, 1.54) is 0 Å². The summed E-state index contributed by atoms with van der Waals surface area (Å²) in [6.07, 6.45) is 0.826. The zero-order valence-corrected chi connectivity index (χ0v) is 7.79. The van der Waals surface area contributed by atoms with Crippen molar-refractivity contribution < 1.29 is 9.90 Å². The van der Waals surface area contributed by atoms with Crippen LogP contribution in [0.2, 0.25) is 0 Å². The highest BCUT2D eigenvalue weighted by atomic mass is 16.4. The molecule has 1 aromatic carbocycles. The first kappa shape index (κ1) is 9.58. The van der Waals surface area contributed by atoms with Crippen molar-refractivity contribution >= 4 is 11.7 Å². The maximum atomic E-state index is 10.7. The molecule has 0 atom stereocenters. The number of benzene rings is 1. The smallest absolute Gasteiger partial charge is 0.336 e. The lowest BCUT2D eigenvalue weighted by atomic mass is 10.0. The van der Waals surface area contributed by atoms with Crippen LogP contribution in [0.15, 0.2) is 12.1 Å². The second kappa shape index (κ2) is 3.47. The van der Waals surface area contributed by atoms with Gasteiger partial charge in [0, 0.05) is 5.69 Å². The first-order valence-corrected chi connectivity index (χ1v) is 4.19. The largest absolute Gasteiger partial charge is 0.478 e. The van der Waals surface area contributed by atoms with Gasteiger partial charge in [-0.2, -0.15) is 0 Å². The highest BCUT2D eigenvalue weighted by Gasteiger charge is 2.10. The molecule has 0 amide bonds. The molecule has 0 fully saturated rings. The van der Waals surface area contributed by atoms with E-state index < -0.39 is 5.97 Å². The molecule has 0 unspecified atom stereocenters. The van der Waals surface area contributed by atoms with Crippen LogP contribution in [0.3, 0.4) is 0 Å². The highest BCUT2D eigenvalue weighted by Crippen LogP contribution is 2.21. The Morgan fingerprint density at radius 1 is 1.54 bits per heavy atom. The summed E-state index contributed by atoms with van der Waals surface area (Å²) in [4.78, 5) is 10.7. The van der Waals surface area contributed by atoms with Crippen LogP contribution in [0.25, 0.3) is 0 Å². The predicted molar refractivity (Wildman–Crippen MR) is 51.9 cm³/mol. The third kappa shape index (κ3) is 1.64. The Hall–Kier alpha value is -1.51. The van der Waals surface area contributed by atoms with Crippen molar-refractivity contribution in [2.45, 2.75) is 20.3 Å². The van der Waals surface area contributed by atoms with Crippen molar-refractivity contribution in [3.05, 3.63) is 28.8 Å². The van der Waals surface area contributed by atoms with E-state index in [9.17, 15) is 4.79 Å². The molecular weight excluding hydrogens is 166 g/mol. The Bertz CT molecular complexity index is 345. The molecule has 0 heterocycles. The first-order chi connectivity index (χ1) is 6.07. The number of hydrogen-bond acceptors (Lipinski definition) is 2. The third-order valence-electron chi connectivity index (χ3n) is 2.22. The molecule has 70 valence electrons. The fourth-order valence-corrected chi connectivity index (χ4v) is 1.32. The van der Waals surface area contributed by atoms with Gasteiger partial charge in [-0.1, -0.05) is 13.0 Å². The van der Waals surface area contributed by atoms with Crippen LogP contribution in [0.1, 0.15) is 28.4 Å². The van der Waals surface area contributed by atoms with Gasteiger partial charge in [0.15, 0.2) is 0 Å². The highest BCUT2D eigenvalue weighted by molar-refractivity contribution is 5.91. The molecule has 1 rings (SSSR count). The number of carboxylic acids is 1. The van der Waals surface area contributed by atoms with Gasteiger partial charge in [-0.25, -0.2) is 4.79 Å². The normalized spacial score (nSPS) is 10.0. The van der Waals surface area contributed by atoms with Crippen molar-refractivity contribution in [2.75, 3.05) is 5.73 Å². The van der Waals surface area contributed by atoms with Crippen molar-refractivity contribution in [3.63, 3.8) is 0 Å². The van der Waals surface area contributed by atoms with Crippen LogP contribution < -0.4 is 5.73 Å². The monoisotopic (exact) mass is 179 g/mol. The van der Waals surface area contributed by atoms with Gasteiger partial charge in [-0.3, -0.25) is 0 Å². The van der Waals surface area contributed by atoms with Crippen LogP contribution in [0, 0.1) is 6.92 Å². The number of anilines is 1. The number of carbonyl (C=O) groups is 1. The quantitative estimate of drug-likeness (QED) is 0.681. The molecule has 0 spiro atoms. The van der Waals surface area contributed by atoms with Gasteiger partial charge in [0.2, 0.25) is 0 Å². The van der Waals surface area contributed by atoms with E-state index in [0.29, 0.717) is 11.3 Å². The Balaban J connectivity index is 3.31. The molecule has 1 aromatic rings. The second-order valence-corrected chi connectivity index (χ2v) is 2.97. The van der Waals surface area contributed by atoms with Gasteiger partial charge in [-0.15, -0.1) is 0 Å². The standard InChI is InChI=1S/C10H13NO2/c1-3-7-4-5-8(10(12)13)6(2)9(7)11/h4-5H,3,11H2,1-2H3,(H,12,13). The molecule has 3 nitrogen and oxygen atoms in total. The average molecular weight is 179 g/mol. The molecule has 0 radical (unpaired) electrons. The van der Waals surface area contributed by atoms with Gasteiger partial charge in [0.05, 0.1) is 5.56 Å². The van der Waals surface area contributed by atoms with Gasteiger partial charge in [0.25, 0.3) is 0 Å². The van der Waals surface area contributed by atoms with Gasteiger partial charge in [0.1, 0.15) is 0 Å².